The summed E-state index contributed by atoms with van der Waals surface area (Å²) in [4.78, 5) is 26.4. The van der Waals surface area contributed by atoms with Crippen molar-refractivity contribution in [3.63, 3.8) is 0 Å². The van der Waals surface area contributed by atoms with Gasteiger partial charge < -0.3 is 20.7 Å². The molecule has 174 valence electrons. The molecular formula is C25H34ClN3O3. The molecule has 1 atom stereocenters. The molecule has 0 bridgehead atoms. The molecular weight excluding hydrogens is 426 g/mol. The second-order valence-corrected chi connectivity index (χ2v) is 9.46. The molecule has 2 aromatic carbocycles. The van der Waals surface area contributed by atoms with E-state index in [1.165, 1.54) is 5.56 Å². The fourth-order valence-corrected chi connectivity index (χ4v) is 3.50. The molecule has 1 aliphatic rings. The van der Waals surface area contributed by atoms with E-state index >= 15 is 0 Å². The highest BCUT2D eigenvalue weighted by atomic mass is 35.5. The molecule has 6 nitrogen and oxygen atoms in total. The number of nitrogens with zero attached hydrogens (tertiary/aromatic N) is 1. The Morgan fingerprint density at radius 1 is 1.03 bits per heavy atom. The molecule has 0 radical (unpaired) electrons. The first-order valence-corrected chi connectivity index (χ1v) is 10.8. The van der Waals surface area contributed by atoms with Crippen LogP contribution in [0, 0.1) is 5.92 Å². The predicted molar refractivity (Wildman–Crippen MR) is 130 cm³/mol. The summed E-state index contributed by atoms with van der Waals surface area (Å²) < 4.78 is 5.35. The fraction of sp³-hybridized carbons (Fsp3) is 0.440. The van der Waals surface area contributed by atoms with Gasteiger partial charge in [-0.1, -0.05) is 56.3 Å². The number of carbonyl (C=O) groups excluding carboxylic acids is 2. The number of carbonyl (C=O) groups is 2. The van der Waals surface area contributed by atoms with Crippen molar-refractivity contribution in [2.75, 3.05) is 18.4 Å². The molecule has 3 N–H and O–H groups in total. The maximum Gasteiger partial charge on any atom is 0.410 e. The number of likely N-dealkylation sites (tertiary alicyclic amines) is 1. The Kier molecular flexibility index (Phi) is 8.32. The van der Waals surface area contributed by atoms with Gasteiger partial charge in [-0.25, -0.2) is 4.79 Å². The van der Waals surface area contributed by atoms with Gasteiger partial charge in [0.25, 0.3) is 0 Å². The number of nitrogens with one attached hydrogen (secondary N) is 1. The monoisotopic (exact) mass is 459 g/mol. The van der Waals surface area contributed by atoms with Crippen molar-refractivity contribution in [3.05, 3.63) is 65.2 Å². The van der Waals surface area contributed by atoms with Crippen LogP contribution in [0.4, 0.5) is 10.5 Å². The first kappa shape index (κ1) is 25.7. The summed E-state index contributed by atoms with van der Waals surface area (Å²) in [6.07, 6.45) is -0.385. The SMILES string of the molecule is CC(C)c1ccc(C(N)c2ccccc2NC(=O)C2CN(C(=O)OC(C)(C)C)C2)cc1.Cl. The van der Waals surface area contributed by atoms with Gasteiger partial charge in [0.05, 0.1) is 12.0 Å². The molecule has 0 spiro atoms. The number of hydrogen-bond acceptors (Lipinski definition) is 4. The van der Waals surface area contributed by atoms with Gasteiger partial charge in [-0.2, -0.15) is 0 Å². The Bertz CT molecular complexity index is 932. The summed E-state index contributed by atoms with van der Waals surface area (Å²) in [5, 5.41) is 3.00. The molecule has 3 rings (SSSR count). The zero-order valence-corrected chi connectivity index (χ0v) is 20.2. The highest BCUT2D eigenvalue weighted by molar-refractivity contribution is 5.95. The number of nitrogens with two attached hydrogens (primary N) is 1. The van der Waals surface area contributed by atoms with Crippen LogP contribution in [0.3, 0.4) is 0 Å². The maximum atomic E-state index is 12.7. The number of rotatable bonds is 5. The topological polar surface area (TPSA) is 84.7 Å². The molecule has 1 fully saturated rings. The maximum absolute atomic E-state index is 12.7. The van der Waals surface area contributed by atoms with Crippen LogP contribution >= 0.6 is 12.4 Å². The van der Waals surface area contributed by atoms with Crippen molar-refractivity contribution in [3.8, 4) is 0 Å². The Hall–Kier alpha value is -2.57. The van der Waals surface area contributed by atoms with Crippen LogP contribution in [-0.2, 0) is 9.53 Å². The van der Waals surface area contributed by atoms with Gasteiger partial charge in [-0.15, -0.1) is 12.4 Å². The van der Waals surface area contributed by atoms with Crippen molar-refractivity contribution in [1.82, 2.24) is 4.90 Å². The van der Waals surface area contributed by atoms with E-state index in [4.69, 9.17) is 10.5 Å². The van der Waals surface area contributed by atoms with Gasteiger partial charge in [0.2, 0.25) is 5.91 Å². The third-order valence-electron chi connectivity index (χ3n) is 5.42. The van der Waals surface area contributed by atoms with Crippen molar-refractivity contribution < 1.29 is 14.3 Å². The standard InChI is InChI=1S/C25H33N3O3.ClH/c1-16(2)17-10-12-18(13-11-17)22(26)20-8-6-7-9-21(20)27-23(29)19-14-28(15-19)24(30)31-25(3,4)5;/h6-13,16,19,22H,14-15,26H2,1-5H3,(H,27,29);1H. The summed E-state index contributed by atoms with van der Waals surface area (Å²) >= 11 is 0. The van der Waals surface area contributed by atoms with Gasteiger partial charge in [0.1, 0.15) is 5.60 Å². The molecule has 1 aliphatic heterocycles. The largest absolute Gasteiger partial charge is 0.444 e. The Labute approximate surface area is 196 Å². The van der Waals surface area contributed by atoms with E-state index in [1.807, 2.05) is 57.2 Å². The average Bonchev–Trinajstić information content (AvgIpc) is 2.65. The molecule has 0 saturated carbocycles. The summed E-state index contributed by atoms with van der Waals surface area (Å²) in [6, 6.07) is 15.5. The lowest BCUT2D eigenvalue weighted by Crippen LogP contribution is -2.55. The summed E-state index contributed by atoms with van der Waals surface area (Å²) in [5.41, 5.74) is 9.80. The molecule has 7 heteroatoms. The molecule has 32 heavy (non-hydrogen) atoms. The molecule has 0 aliphatic carbocycles. The molecule has 0 aromatic heterocycles. The summed E-state index contributed by atoms with van der Waals surface area (Å²) in [7, 11) is 0. The summed E-state index contributed by atoms with van der Waals surface area (Å²) in [5.74, 6) is 0.0799. The lowest BCUT2D eigenvalue weighted by Gasteiger charge is -2.38. The first-order chi connectivity index (χ1) is 14.5. The lowest BCUT2D eigenvalue weighted by atomic mass is 9.94. The third kappa shape index (κ3) is 6.24. The fourth-order valence-electron chi connectivity index (χ4n) is 3.50. The van der Waals surface area contributed by atoms with Crippen molar-refractivity contribution in [2.24, 2.45) is 11.7 Å². The van der Waals surface area contributed by atoms with Crippen LogP contribution in [0.1, 0.15) is 63.3 Å². The van der Waals surface area contributed by atoms with Gasteiger partial charge in [-0.05, 0) is 49.4 Å². The number of ether oxygens (including phenoxy) is 1. The second kappa shape index (κ2) is 10.4. The van der Waals surface area contributed by atoms with E-state index in [0.717, 1.165) is 11.1 Å². The van der Waals surface area contributed by atoms with E-state index in [0.29, 0.717) is 24.7 Å². The minimum Gasteiger partial charge on any atom is -0.444 e. The van der Waals surface area contributed by atoms with Crippen LogP contribution < -0.4 is 11.1 Å². The van der Waals surface area contributed by atoms with Gasteiger partial charge in [-0.3, -0.25) is 4.79 Å². The Morgan fingerprint density at radius 2 is 1.59 bits per heavy atom. The normalized spacial score (nSPS) is 14.9. The molecule has 1 saturated heterocycles. The first-order valence-electron chi connectivity index (χ1n) is 10.8. The van der Waals surface area contributed by atoms with E-state index in [1.54, 1.807) is 4.90 Å². The van der Waals surface area contributed by atoms with Crippen molar-refractivity contribution >= 4 is 30.1 Å². The molecule has 1 heterocycles. The van der Waals surface area contributed by atoms with Crippen LogP contribution in [-0.4, -0.2) is 35.6 Å². The Morgan fingerprint density at radius 3 is 2.16 bits per heavy atom. The zero-order chi connectivity index (χ0) is 22.8. The smallest absolute Gasteiger partial charge is 0.410 e. The van der Waals surface area contributed by atoms with E-state index in [-0.39, 0.29) is 36.4 Å². The van der Waals surface area contributed by atoms with Crippen molar-refractivity contribution in [2.45, 2.75) is 52.2 Å². The van der Waals surface area contributed by atoms with Crippen LogP contribution in [0.2, 0.25) is 0 Å². The highest BCUT2D eigenvalue weighted by Gasteiger charge is 2.38. The Balaban J connectivity index is 0.00000363. The van der Waals surface area contributed by atoms with Gasteiger partial charge in [0, 0.05) is 18.8 Å². The quantitative estimate of drug-likeness (QED) is 0.652. The van der Waals surface area contributed by atoms with Crippen LogP contribution in [0.5, 0.6) is 0 Å². The number of hydrogen-bond donors (Lipinski definition) is 2. The van der Waals surface area contributed by atoms with E-state index in [9.17, 15) is 9.59 Å². The lowest BCUT2D eigenvalue weighted by molar-refractivity contribution is -0.124. The zero-order valence-electron chi connectivity index (χ0n) is 19.4. The van der Waals surface area contributed by atoms with Crippen molar-refractivity contribution in [1.29, 1.82) is 0 Å². The van der Waals surface area contributed by atoms with Crippen LogP contribution in [0.15, 0.2) is 48.5 Å². The van der Waals surface area contributed by atoms with E-state index in [2.05, 4.69) is 31.3 Å². The summed E-state index contributed by atoms with van der Waals surface area (Å²) in [6.45, 7) is 10.5. The van der Waals surface area contributed by atoms with Gasteiger partial charge in [0.15, 0.2) is 0 Å². The average molecular weight is 460 g/mol. The number of benzene rings is 2. The second-order valence-electron chi connectivity index (χ2n) is 9.46. The van der Waals surface area contributed by atoms with Crippen LogP contribution in [0.25, 0.3) is 0 Å². The van der Waals surface area contributed by atoms with E-state index < -0.39 is 5.60 Å². The predicted octanol–water partition coefficient (Wildman–Crippen LogP) is 5.09. The highest BCUT2D eigenvalue weighted by Crippen LogP contribution is 2.29. The number of para-hydroxylation sites is 1. The minimum atomic E-state index is -0.549. The molecule has 2 amide bonds. The number of amides is 2. The molecule has 1 unspecified atom stereocenters. The number of halogens is 1. The molecule has 2 aromatic rings. The van der Waals surface area contributed by atoms with Gasteiger partial charge >= 0.3 is 6.09 Å². The third-order valence-corrected chi connectivity index (χ3v) is 5.42. The minimum absolute atomic E-state index is 0. The number of anilines is 1.